The molecule has 5 atom stereocenters. The molecule has 9 rings (SSSR count). The van der Waals surface area contributed by atoms with Crippen LogP contribution in [0.25, 0.3) is 0 Å². The Morgan fingerprint density at radius 1 is 0.652 bits per heavy atom. The molecule has 5 heterocycles. The van der Waals surface area contributed by atoms with Gasteiger partial charge in [-0.1, -0.05) is 6.07 Å². The minimum atomic E-state index is -1.39. The van der Waals surface area contributed by atoms with Gasteiger partial charge >= 0.3 is 11.9 Å². The molecule has 17 nitrogen and oxygen atoms in total. The highest BCUT2D eigenvalue weighted by molar-refractivity contribution is 5.82. The van der Waals surface area contributed by atoms with E-state index in [1.54, 1.807) is 49.8 Å². The molecule has 0 aromatic heterocycles. The lowest BCUT2D eigenvalue weighted by molar-refractivity contribution is -0.239. The quantitative estimate of drug-likeness (QED) is 0.0942. The molecule has 5 aliphatic rings. The van der Waals surface area contributed by atoms with Crippen LogP contribution in [0.5, 0.6) is 51.7 Å². The van der Waals surface area contributed by atoms with Crippen molar-refractivity contribution in [2.45, 2.75) is 68.7 Å². The molecule has 0 amide bonds. The second kappa shape index (κ2) is 22.2. The molecule has 0 bridgehead atoms. The third kappa shape index (κ3) is 10.7. The lowest BCUT2D eigenvalue weighted by atomic mass is 9.76. The minimum absolute atomic E-state index is 0.135. The van der Waals surface area contributed by atoms with Gasteiger partial charge in [-0.25, -0.2) is 0 Å². The summed E-state index contributed by atoms with van der Waals surface area (Å²) < 4.78 is 73.9. The third-order valence-corrected chi connectivity index (χ3v) is 13.1. The monoisotopic (exact) mass is 954 g/mol. The first kappa shape index (κ1) is 48.9. The molecule has 0 saturated carbocycles. The van der Waals surface area contributed by atoms with Crippen molar-refractivity contribution in [1.29, 1.82) is 0 Å². The number of fused-ring (bicyclic) bond motifs is 1. The molecule has 370 valence electrons. The molecule has 0 spiro atoms. The molecular formula is C52H62N2O15. The van der Waals surface area contributed by atoms with E-state index in [0.717, 1.165) is 66.6 Å². The average molecular weight is 955 g/mol. The van der Waals surface area contributed by atoms with E-state index < -0.39 is 17.6 Å². The van der Waals surface area contributed by atoms with Gasteiger partial charge in [0.15, 0.2) is 34.5 Å². The summed E-state index contributed by atoms with van der Waals surface area (Å²) in [5.74, 6) is 2.24. The summed E-state index contributed by atoms with van der Waals surface area (Å²) in [6.45, 7) is 2.94. The fourth-order valence-corrected chi connectivity index (χ4v) is 9.63. The Morgan fingerprint density at radius 2 is 1.25 bits per heavy atom. The maximum absolute atomic E-state index is 14.0. The van der Waals surface area contributed by atoms with E-state index >= 15 is 0 Å². The standard InChI is InChI=1S/C33H37NO9.C19H25NO6/c1-36-24-10-8-22(9-11-24)33(42-18-23-6-5-13-34-23)25(14-20-15-28(37-2)31(39-4)29(16-20)38-3)30(32(35)43-33)21-7-12-26-27(17-21)41-19-40-26;1-22-15-8-12(9-16(23-2)18(15)24-3)7-13-10-17(21)26-19(13)25-11-14-5-4-6-20-14/h7-12,15-17,23,25,30,34H,5-6,13-14,18-19H2,1-4H3;8-9,14,20H,4-7,10-11H2,1-3H3. The van der Waals surface area contributed by atoms with E-state index in [4.69, 9.17) is 61.6 Å². The van der Waals surface area contributed by atoms with Gasteiger partial charge in [0.1, 0.15) is 12.4 Å². The van der Waals surface area contributed by atoms with Crippen molar-refractivity contribution in [3.63, 3.8) is 0 Å². The number of carbonyl (C=O) groups excluding carboxylic acids is 2. The molecule has 2 N–H and O–H groups in total. The summed E-state index contributed by atoms with van der Waals surface area (Å²) >= 11 is 0. The fraction of sp³-hybridized carbons (Fsp3) is 0.462. The van der Waals surface area contributed by atoms with Crippen molar-refractivity contribution < 1.29 is 71.2 Å². The fourth-order valence-electron chi connectivity index (χ4n) is 9.63. The van der Waals surface area contributed by atoms with E-state index in [2.05, 4.69) is 10.6 Å². The first-order valence-electron chi connectivity index (χ1n) is 23.1. The van der Waals surface area contributed by atoms with Gasteiger partial charge in [-0.2, -0.15) is 0 Å². The summed E-state index contributed by atoms with van der Waals surface area (Å²) in [5, 5.41) is 6.86. The molecule has 4 aromatic rings. The number of carbonyl (C=O) groups is 2. The summed E-state index contributed by atoms with van der Waals surface area (Å²) in [7, 11) is 11.1. The highest BCUT2D eigenvalue weighted by Crippen LogP contribution is 2.54. The van der Waals surface area contributed by atoms with Crippen LogP contribution in [0.4, 0.5) is 0 Å². The van der Waals surface area contributed by atoms with Crippen LogP contribution in [0.2, 0.25) is 0 Å². The highest BCUT2D eigenvalue weighted by atomic mass is 16.7. The van der Waals surface area contributed by atoms with E-state index in [9.17, 15) is 9.59 Å². The SMILES string of the molecule is COc1cc(CC2=C(OCC3CCCN3)OC(=O)C2)cc(OC)c1OC.COc1ccc(C2(OCC3CCCN3)OC(=O)C(c3ccc4c(c3)OCO4)C2Cc2cc(OC)c(OC)c(OC)c2)cc1. The summed E-state index contributed by atoms with van der Waals surface area (Å²) in [6, 6.07) is 21.1. The first-order chi connectivity index (χ1) is 33.6. The van der Waals surface area contributed by atoms with Crippen LogP contribution in [0.15, 0.2) is 78.2 Å². The third-order valence-electron chi connectivity index (χ3n) is 13.1. The Kier molecular flexibility index (Phi) is 15.8. The van der Waals surface area contributed by atoms with E-state index in [0.29, 0.717) is 89.8 Å². The topological polar surface area (TPSA) is 178 Å². The molecule has 69 heavy (non-hydrogen) atoms. The van der Waals surface area contributed by atoms with Crippen LogP contribution in [0.3, 0.4) is 0 Å². The Labute approximate surface area is 402 Å². The normalized spacial score (nSPS) is 22.4. The van der Waals surface area contributed by atoms with Gasteiger partial charge in [0.05, 0.1) is 74.6 Å². The Morgan fingerprint density at radius 3 is 1.81 bits per heavy atom. The second-order valence-electron chi connectivity index (χ2n) is 17.2. The van der Waals surface area contributed by atoms with Crippen molar-refractivity contribution in [1.82, 2.24) is 10.6 Å². The second-order valence-corrected chi connectivity index (χ2v) is 17.2. The maximum Gasteiger partial charge on any atom is 0.317 e. The Balaban J connectivity index is 0.000000211. The van der Waals surface area contributed by atoms with Crippen molar-refractivity contribution in [2.24, 2.45) is 5.92 Å². The zero-order valence-electron chi connectivity index (χ0n) is 40.3. The predicted octanol–water partition coefficient (Wildman–Crippen LogP) is 6.75. The molecular weight excluding hydrogens is 893 g/mol. The number of hydrogen-bond donors (Lipinski definition) is 2. The summed E-state index contributed by atoms with van der Waals surface area (Å²) in [6.07, 6.45) is 5.40. The van der Waals surface area contributed by atoms with Crippen LogP contribution in [-0.4, -0.2) is 107 Å². The van der Waals surface area contributed by atoms with Gasteiger partial charge in [0.25, 0.3) is 5.95 Å². The molecule has 0 aliphatic carbocycles. The molecule has 17 heteroatoms. The number of ether oxygens (including phenoxy) is 13. The van der Waals surface area contributed by atoms with Gasteiger partial charge in [0.2, 0.25) is 24.1 Å². The van der Waals surface area contributed by atoms with Gasteiger partial charge in [-0.15, -0.1) is 0 Å². The molecule has 5 aliphatic heterocycles. The Bertz CT molecular complexity index is 2410. The van der Waals surface area contributed by atoms with Crippen LogP contribution >= 0.6 is 0 Å². The van der Waals surface area contributed by atoms with Crippen molar-refractivity contribution in [3.8, 4) is 51.7 Å². The van der Waals surface area contributed by atoms with E-state index in [-0.39, 0.29) is 31.2 Å². The number of nitrogens with one attached hydrogen (secondary N) is 2. The Hall–Kier alpha value is -6.56. The lowest BCUT2D eigenvalue weighted by Gasteiger charge is -2.36. The lowest BCUT2D eigenvalue weighted by Crippen LogP contribution is -2.41. The molecule has 3 saturated heterocycles. The van der Waals surface area contributed by atoms with Crippen LogP contribution in [0.1, 0.15) is 60.3 Å². The molecule has 5 unspecified atom stereocenters. The van der Waals surface area contributed by atoms with Crippen molar-refractivity contribution >= 4 is 11.9 Å². The summed E-state index contributed by atoms with van der Waals surface area (Å²) in [4.78, 5) is 25.8. The maximum atomic E-state index is 14.0. The van der Waals surface area contributed by atoms with Crippen molar-refractivity contribution in [2.75, 3.05) is 82.9 Å². The molecule has 3 fully saturated rings. The van der Waals surface area contributed by atoms with Gasteiger partial charge in [-0.3, -0.25) is 9.59 Å². The van der Waals surface area contributed by atoms with E-state index in [1.807, 2.05) is 66.7 Å². The largest absolute Gasteiger partial charge is 0.497 e. The minimum Gasteiger partial charge on any atom is -0.497 e. The number of esters is 2. The van der Waals surface area contributed by atoms with Gasteiger partial charge in [-0.05, 0) is 123 Å². The molecule has 4 aromatic carbocycles. The zero-order valence-corrected chi connectivity index (χ0v) is 40.3. The van der Waals surface area contributed by atoms with Crippen LogP contribution < -0.4 is 53.3 Å². The van der Waals surface area contributed by atoms with E-state index in [1.165, 1.54) is 0 Å². The van der Waals surface area contributed by atoms with Gasteiger partial charge < -0.3 is 72.2 Å². The smallest absolute Gasteiger partial charge is 0.317 e. The number of hydrogen-bond acceptors (Lipinski definition) is 17. The number of benzene rings is 4. The van der Waals surface area contributed by atoms with Gasteiger partial charge in [0, 0.05) is 29.6 Å². The average Bonchev–Trinajstić information content (AvgIpc) is 4.25. The number of cyclic esters (lactones) is 2. The predicted molar refractivity (Wildman–Crippen MR) is 251 cm³/mol. The first-order valence-corrected chi connectivity index (χ1v) is 23.1. The number of methoxy groups -OCH3 is 7. The molecule has 0 radical (unpaired) electrons. The zero-order chi connectivity index (χ0) is 48.5. The summed E-state index contributed by atoms with van der Waals surface area (Å²) in [5.41, 5.74) is 4.09. The van der Waals surface area contributed by atoms with Crippen LogP contribution in [-0.2, 0) is 47.2 Å². The van der Waals surface area contributed by atoms with Crippen LogP contribution in [0, 0.1) is 5.92 Å². The van der Waals surface area contributed by atoms with Crippen molar-refractivity contribution in [3.05, 3.63) is 101 Å². The highest BCUT2D eigenvalue weighted by Gasteiger charge is 2.59. The number of rotatable bonds is 19.